The van der Waals surface area contributed by atoms with Gasteiger partial charge in [0.05, 0.1) is 5.92 Å². The molecule has 7 nitrogen and oxygen atoms in total. The van der Waals surface area contributed by atoms with E-state index in [4.69, 9.17) is 4.74 Å². The van der Waals surface area contributed by atoms with Gasteiger partial charge in [0, 0.05) is 0 Å². The maximum atomic E-state index is 12.1. The monoisotopic (exact) mass is 386 g/mol. The van der Waals surface area contributed by atoms with Gasteiger partial charge in [0.15, 0.2) is 5.75 Å². The summed E-state index contributed by atoms with van der Waals surface area (Å²) in [6, 6.07) is 4.68. The molecule has 1 aromatic rings. The van der Waals surface area contributed by atoms with Gasteiger partial charge in [0.2, 0.25) is 9.15 Å². The van der Waals surface area contributed by atoms with Crippen molar-refractivity contribution in [1.29, 1.82) is 0 Å². The predicted octanol–water partition coefficient (Wildman–Crippen LogP) is -0.954. The van der Waals surface area contributed by atoms with Gasteiger partial charge in [0.25, 0.3) is 8.87 Å². The van der Waals surface area contributed by atoms with Crippen LogP contribution in [0.2, 0.25) is 0 Å². The molecule has 0 heterocycles. The number of unbranched alkanes of at least 4 members (excludes halogenated alkanes) is 1. The van der Waals surface area contributed by atoms with E-state index >= 15 is 0 Å². The molecule has 1 unspecified atom stereocenters. The van der Waals surface area contributed by atoms with E-state index in [0.717, 1.165) is 25.0 Å². The van der Waals surface area contributed by atoms with E-state index in [9.17, 15) is 26.2 Å². The summed E-state index contributed by atoms with van der Waals surface area (Å²) in [4.78, 5) is 11.3. The summed E-state index contributed by atoms with van der Waals surface area (Å²) in [5.74, 6) is -1.52. The van der Waals surface area contributed by atoms with Gasteiger partial charge in [-0.2, -0.15) is 0 Å². The van der Waals surface area contributed by atoms with Crippen molar-refractivity contribution >= 4 is 24.0 Å². The fraction of sp³-hybridized carbons (Fsp3) is 0.500. The largest absolute Gasteiger partial charge is 1.00 e. The maximum Gasteiger partial charge on any atom is 1.00 e. The maximum absolute atomic E-state index is 12.1. The molecule has 0 bridgehead atoms. The minimum Gasteiger partial charge on any atom is -0.735 e. The van der Waals surface area contributed by atoms with E-state index in [0.29, 0.717) is 12.8 Å². The fourth-order valence-corrected chi connectivity index (χ4v) is 3.88. The Morgan fingerprint density at radius 3 is 2.25 bits per heavy atom. The van der Waals surface area contributed by atoms with Crippen molar-refractivity contribution in [3.05, 3.63) is 24.3 Å². The van der Waals surface area contributed by atoms with Crippen molar-refractivity contribution in [2.75, 3.05) is 0 Å². The van der Waals surface area contributed by atoms with Crippen LogP contribution < -0.4 is 34.3 Å². The third-order valence-electron chi connectivity index (χ3n) is 3.33. The van der Waals surface area contributed by atoms with Crippen molar-refractivity contribution in [2.24, 2.45) is 5.92 Å². The average molecular weight is 386 g/mol. The Balaban J connectivity index is 0.00000529. The zero-order valence-electron chi connectivity index (χ0n) is 13.9. The molecule has 1 atom stereocenters. The molecule has 24 heavy (non-hydrogen) atoms. The molecule has 0 amide bonds. The quantitative estimate of drug-likeness (QED) is 0.186. The molecule has 0 N–H and O–H groups in total. The molecule has 130 valence electrons. The minimum absolute atomic E-state index is 0. The Morgan fingerprint density at radius 2 is 1.75 bits per heavy atom. The number of hydrogen-bond acceptors (Lipinski definition) is 7. The van der Waals surface area contributed by atoms with Crippen molar-refractivity contribution in [3.8, 4) is 5.75 Å². The van der Waals surface area contributed by atoms with Crippen LogP contribution in [-0.4, -0.2) is 27.4 Å². The summed E-state index contributed by atoms with van der Waals surface area (Å²) in [7, 11) is -10.8. The van der Waals surface area contributed by atoms with Gasteiger partial charge in [0.1, 0.15) is 4.90 Å². The SMILES string of the molecule is CCCCC(CC)C(=O)Oc1ccccc1S(=O)(=O)S(=O)(=O)[O-].[Na+]. The molecule has 0 saturated carbocycles. The number of carbonyl (C=O) groups excluding carboxylic acids is 1. The van der Waals surface area contributed by atoms with Gasteiger partial charge < -0.3 is 9.29 Å². The first-order chi connectivity index (χ1) is 10.6. The number of ether oxygens (including phenoxy) is 1. The van der Waals surface area contributed by atoms with Crippen LogP contribution in [0.25, 0.3) is 0 Å². The summed E-state index contributed by atoms with van der Waals surface area (Å²) in [6.07, 6.45) is 2.79. The van der Waals surface area contributed by atoms with E-state index in [2.05, 4.69) is 0 Å². The van der Waals surface area contributed by atoms with Gasteiger partial charge in [-0.05, 0) is 25.0 Å². The van der Waals surface area contributed by atoms with Crippen LogP contribution in [0, 0.1) is 5.92 Å². The molecule has 10 heteroatoms. The molecule has 1 rings (SSSR count). The third-order valence-corrected chi connectivity index (χ3v) is 6.89. The van der Waals surface area contributed by atoms with Crippen LogP contribution >= 0.6 is 0 Å². The molecule has 0 aliphatic heterocycles. The molecule has 0 aliphatic rings. The summed E-state index contributed by atoms with van der Waals surface area (Å²) < 4.78 is 61.4. The van der Waals surface area contributed by atoms with Gasteiger partial charge in [-0.1, -0.05) is 38.8 Å². The Kier molecular flexibility index (Phi) is 9.70. The first-order valence-electron chi connectivity index (χ1n) is 7.16. The van der Waals surface area contributed by atoms with Crippen LogP contribution in [0.5, 0.6) is 5.75 Å². The molecule has 0 saturated heterocycles. The van der Waals surface area contributed by atoms with E-state index in [-0.39, 0.29) is 29.6 Å². The summed E-state index contributed by atoms with van der Waals surface area (Å²) in [6.45, 7) is 3.77. The number of esters is 1. The Hall–Kier alpha value is -0.450. The van der Waals surface area contributed by atoms with Crippen molar-refractivity contribution < 1.29 is 60.5 Å². The van der Waals surface area contributed by atoms with Gasteiger partial charge >= 0.3 is 35.5 Å². The normalized spacial score (nSPS) is 13.0. The average Bonchev–Trinajstić information content (AvgIpc) is 2.47. The molecule has 1 aromatic carbocycles. The van der Waals surface area contributed by atoms with Crippen molar-refractivity contribution in [3.63, 3.8) is 0 Å². The molecular formula is C14H19NaO7S2. The second kappa shape index (κ2) is 9.88. The van der Waals surface area contributed by atoms with Gasteiger partial charge in [-0.25, -0.2) is 16.8 Å². The molecular weight excluding hydrogens is 367 g/mol. The third kappa shape index (κ3) is 5.82. The predicted molar refractivity (Wildman–Crippen MR) is 82.3 cm³/mol. The van der Waals surface area contributed by atoms with E-state index in [1.807, 2.05) is 6.92 Å². The Labute approximate surface area is 164 Å². The fourth-order valence-electron chi connectivity index (χ4n) is 1.98. The summed E-state index contributed by atoms with van der Waals surface area (Å²) in [5.41, 5.74) is 0. The topological polar surface area (TPSA) is 118 Å². The first-order valence-corrected chi connectivity index (χ1v) is 10.6. The van der Waals surface area contributed by atoms with Crippen LogP contribution in [-0.2, 0) is 22.8 Å². The van der Waals surface area contributed by atoms with Crippen molar-refractivity contribution in [1.82, 2.24) is 0 Å². The summed E-state index contributed by atoms with van der Waals surface area (Å²) >= 11 is 0. The molecule has 0 aromatic heterocycles. The van der Waals surface area contributed by atoms with Crippen molar-refractivity contribution in [2.45, 2.75) is 44.4 Å². The molecule has 0 spiro atoms. The number of rotatable bonds is 8. The smallest absolute Gasteiger partial charge is 0.735 e. The van der Waals surface area contributed by atoms with E-state index in [1.54, 1.807) is 6.92 Å². The zero-order valence-corrected chi connectivity index (χ0v) is 17.5. The van der Waals surface area contributed by atoms with E-state index < -0.39 is 40.6 Å². The standard InChI is InChI=1S/C14H20O7S2.Na/c1-3-5-8-11(4-2)14(15)21-12-9-6-7-10-13(12)22(16,17)23(18,19)20;/h6-7,9-11H,3-5,8H2,1-2H3,(H,18,19,20);/q;+1/p-1. The number of para-hydroxylation sites is 1. The van der Waals surface area contributed by atoms with Gasteiger partial charge in [-0.3, -0.25) is 4.79 Å². The van der Waals surface area contributed by atoms with Crippen LogP contribution in [0.3, 0.4) is 0 Å². The number of carbonyl (C=O) groups is 1. The second-order valence-electron chi connectivity index (χ2n) is 4.98. The van der Waals surface area contributed by atoms with Crippen LogP contribution in [0.4, 0.5) is 0 Å². The molecule has 0 radical (unpaired) electrons. The molecule has 0 fully saturated rings. The number of hydrogen-bond donors (Lipinski definition) is 0. The minimum atomic E-state index is -5.62. The Morgan fingerprint density at radius 1 is 1.17 bits per heavy atom. The van der Waals surface area contributed by atoms with Crippen LogP contribution in [0.15, 0.2) is 29.2 Å². The van der Waals surface area contributed by atoms with Gasteiger partial charge in [-0.15, -0.1) is 0 Å². The van der Waals surface area contributed by atoms with E-state index in [1.165, 1.54) is 12.1 Å². The Bertz CT molecular complexity index is 757. The summed E-state index contributed by atoms with van der Waals surface area (Å²) in [5, 5.41) is 0. The zero-order chi connectivity index (χ0) is 17.7. The molecule has 0 aliphatic carbocycles. The second-order valence-corrected chi connectivity index (χ2v) is 9.68. The number of benzene rings is 1. The first kappa shape index (κ1) is 23.5. The van der Waals surface area contributed by atoms with Crippen LogP contribution in [0.1, 0.15) is 39.5 Å².